The third-order valence-electron chi connectivity index (χ3n) is 3.24. The van der Waals surface area contributed by atoms with Gasteiger partial charge in [0.05, 0.1) is 11.4 Å². The highest BCUT2D eigenvalue weighted by molar-refractivity contribution is 7.13. The van der Waals surface area contributed by atoms with E-state index in [1.807, 2.05) is 13.8 Å². The number of halogens is 1. The predicted molar refractivity (Wildman–Crippen MR) is 95.8 cm³/mol. The number of allylic oxidation sites excluding steroid dienone is 3. The zero-order chi connectivity index (χ0) is 17.7. The maximum absolute atomic E-state index is 12.9. The van der Waals surface area contributed by atoms with Gasteiger partial charge in [-0.1, -0.05) is 24.8 Å². The number of amides is 1. The summed E-state index contributed by atoms with van der Waals surface area (Å²) in [6, 6.07) is 6.17. The molecule has 0 fully saturated rings. The van der Waals surface area contributed by atoms with E-state index in [2.05, 4.69) is 16.9 Å². The Bertz CT molecular complexity index is 819. The first-order valence-electron chi connectivity index (χ1n) is 7.20. The number of benzene rings is 1. The summed E-state index contributed by atoms with van der Waals surface area (Å²) >= 11 is 1.30. The van der Waals surface area contributed by atoms with Gasteiger partial charge in [0.1, 0.15) is 5.82 Å². The number of rotatable bonds is 5. The molecule has 3 N–H and O–H groups in total. The smallest absolute Gasteiger partial charge is 0.284 e. The SMILES string of the molecule is C=C(NC(=O)c1ncc(C)s1)/C(N)=C\C=C(/C)c1ccc(F)cc1. The summed E-state index contributed by atoms with van der Waals surface area (Å²) in [7, 11) is 0. The van der Waals surface area contributed by atoms with Gasteiger partial charge >= 0.3 is 0 Å². The molecule has 0 unspecified atom stereocenters. The quantitative estimate of drug-likeness (QED) is 0.812. The number of carbonyl (C=O) groups excluding carboxylic acids is 1. The van der Waals surface area contributed by atoms with E-state index in [9.17, 15) is 9.18 Å². The van der Waals surface area contributed by atoms with Crippen molar-refractivity contribution >= 4 is 22.8 Å². The second kappa shape index (κ2) is 7.70. The second-order valence-corrected chi connectivity index (χ2v) is 6.42. The van der Waals surface area contributed by atoms with Crippen LogP contribution in [0, 0.1) is 12.7 Å². The molecule has 1 aromatic heterocycles. The lowest BCUT2D eigenvalue weighted by Gasteiger charge is -2.07. The van der Waals surface area contributed by atoms with Gasteiger partial charge in [0.2, 0.25) is 0 Å². The molecule has 6 heteroatoms. The van der Waals surface area contributed by atoms with Gasteiger partial charge < -0.3 is 11.1 Å². The Morgan fingerprint density at radius 1 is 1.33 bits per heavy atom. The molecule has 0 saturated heterocycles. The lowest BCUT2D eigenvalue weighted by Crippen LogP contribution is -2.25. The Morgan fingerprint density at radius 2 is 2.00 bits per heavy atom. The van der Waals surface area contributed by atoms with Crippen LogP contribution >= 0.6 is 11.3 Å². The number of thiazole rings is 1. The normalized spacial score (nSPS) is 12.1. The summed E-state index contributed by atoms with van der Waals surface area (Å²) in [6.45, 7) is 7.52. The molecule has 0 spiro atoms. The van der Waals surface area contributed by atoms with Crippen LogP contribution in [0.2, 0.25) is 0 Å². The Hall–Kier alpha value is -2.73. The molecule has 0 saturated carbocycles. The molecule has 1 amide bonds. The number of aryl methyl sites for hydroxylation is 1. The Labute approximate surface area is 144 Å². The van der Waals surface area contributed by atoms with Crippen LogP contribution in [0.1, 0.15) is 27.2 Å². The largest absolute Gasteiger partial charge is 0.397 e. The van der Waals surface area contributed by atoms with E-state index in [4.69, 9.17) is 5.73 Å². The average Bonchev–Trinajstić information content (AvgIpc) is 2.99. The van der Waals surface area contributed by atoms with E-state index < -0.39 is 0 Å². The molecular formula is C18H18FN3OS. The minimum Gasteiger partial charge on any atom is -0.397 e. The maximum Gasteiger partial charge on any atom is 0.284 e. The molecule has 2 aromatic rings. The van der Waals surface area contributed by atoms with Gasteiger partial charge in [0.25, 0.3) is 5.91 Å². The fourth-order valence-corrected chi connectivity index (χ4v) is 2.51. The Kier molecular flexibility index (Phi) is 5.65. The number of hydrogen-bond acceptors (Lipinski definition) is 4. The van der Waals surface area contributed by atoms with Gasteiger partial charge in [-0.05, 0) is 43.2 Å². The minimum atomic E-state index is -0.339. The standard InChI is InChI=1S/C18H18FN3OS/c1-11(14-5-7-15(19)8-6-14)4-9-16(20)13(3)22-17(23)18-21-10-12(2)24-18/h4-10H,3,20H2,1-2H3,(H,22,23)/b11-4+,16-9+. The molecule has 0 aliphatic rings. The lowest BCUT2D eigenvalue weighted by molar-refractivity contribution is 0.0966. The predicted octanol–water partition coefficient (Wildman–Crippen LogP) is 3.78. The molecule has 2 rings (SSSR count). The van der Waals surface area contributed by atoms with Gasteiger partial charge in [0, 0.05) is 11.1 Å². The molecule has 1 aromatic carbocycles. The van der Waals surface area contributed by atoms with E-state index in [1.165, 1.54) is 23.5 Å². The van der Waals surface area contributed by atoms with Crippen LogP contribution < -0.4 is 11.1 Å². The highest BCUT2D eigenvalue weighted by atomic mass is 32.1. The molecule has 1 heterocycles. The van der Waals surface area contributed by atoms with Crippen molar-refractivity contribution in [1.82, 2.24) is 10.3 Å². The lowest BCUT2D eigenvalue weighted by atomic mass is 10.1. The number of nitrogens with zero attached hydrogens (tertiary/aromatic N) is 1. The molecule has 0 aliphatic carbocycles. The Balaban J connectivity index is 2.04. The van der Waals surface area contributed by atoms with Crippen molar-refractivity contribution in [1.29, 1.82) is 0 Å². The molecule has 4 nitrogen and oxygen atoms in total. The van der Waals surface area contributed by atoms with Crippen LogP contribution in [-0.2, 0) is 0 Å². The molecule has 0 atom stereocenters. The number of carbonyl (C=O) groups is 1. The first kappa shape index (κ1) is 17.6. The molecule has 0 aliphatic heterocycles. The van der Waals surface area contributed by atoms with Crippen molar-refractivity contribution < 1.29 is 9.18 Å². The second-order valence-electron chi connectivity index (χ2n) is 5.19. The maximum atomic E-state index is 12.9. The minimum absolute atomic E-state index is 0.282. The van der Waals surface area contributed by atoms with Crippen molar-refractivity contribution in [2.24, 2.45) is 5.73 Å². The van der Waals surface area contributed by atoms with Gasteiger partial charge in [-0.25, -0.2) is 9.37 Å². The van der Waals surface area contributed by atoms with Crippen molar-refractivity contribution in [2.75, 3.05) is 0 Å². The van der Waals surface area contributed by atoms with Crippen molar-refractivity contribution in [3.8, 4) is 0 Å². The summed E-state index contributed by atoms with van der Waals surface area (Å²) in [6.07, 6.45) is 5.07. The highest BCUT2D eigenvalue weighted by Gasteiger charge is 2.11. The van der Waals surface area contributed by atoms with Crippen LogP contribution in [0.5, 0.6) is 0 Å². The third-order valence-corrected chi connectivity index (χ3v) is 4.15. The van der Waals surface area contributed by atoms with Crippen molar-refractivity contribution in [3.63, 3.8) is 0 Å². The summed E-state index contributed by atoms with van der Waals surface area (Å²) in [5.41, 5.74) is 8.35. The van der Waals surface area contributed by atoms with E-state index >= 15 is 0 Å². The molecular weight excluding hydrogens is 325 g/mol. The summed E-state index contributed by atoms with van der Waals surface area (Å²) in [4.78, 5) is 17.0. The number of hydrogen-bond donors (Lipinski definition) is 2. The first-order chi connectivity index (χ1) is 11.4. The molecule has 24 heavy (non-hydrogen) atoms. The van der Waals surface area contributed by atoms with Gasteiger partial charge in [-0.15, -0.1) is 11.3 Å². The van der Waals surface area contributed by atoms with E-state index in [-0.39, 0.29) is 11.7 Å². The topological polar surface area (TPSA) is 68.0 Å². The summed E-state index contributed by atoms with van der Waals surface area (Å²) in [5.74, 6) is -0.621. The molecule has 124 valence electrons. The van der Waals surface area contributed by atoms with Crippen LogP contribution in [0.15, 0.2) is 60.6 Å². The highest BCUT2D eigenvalue weighted by Crippen LogP contribution is 2.15. The third kappa shape index (κ3) is 4.63. The van der Waals surface area contributed by atoms with Crippen LogP contribution in [0.25, 0.3) is 5.57 Å². The first-order valence-corrected chi connectivity index (χ1v) is 8.01. The summed E-state index contributed by atoms with van der Waals surface area (Å²) < 4.78 is 12.9. The zero-order valence-corrected chi connectivity index (χ0v) is 14.3. The zero-order valence-electron chi connectivity index (χ0n) is 13.5. The van der Waals surface area contributed by atoms with E-state index in [0.29, 0.717) is 16.4 Å². The fraction of sp³-hybridized carbons (Fsp3) is 0.111. The fourth-order valence-electron chi connectivity index (χ4n) is 1.85. The van der Waals surface area contributed by atoms with Crippen molar-refractivity contribution in [2.45, 2.75) is 13.8 Å². The van der Waals surface area contributed by atoms with Gasteiger partial charge in [-0.2, -0.15) is 0 Å². The van der Waals surface area contributed by atoms with Crippen molar-refractivity contribution in [3.05, 3.63) is 81.9 Å². The summed E-state index contributed by atoms with van der Waals surface area (Å²) in [5, 5.41) is 2.98. The van der Waals surface area contributed by atoms with Crippen LogP contribution in [0.4, 0.5) is 4.39 Å². The van der Waals surface area contributed by atoms with Gasteiger partial charge in [0.15, 0.2) is 5.01 Å². The number of aromatic nitrogens is 1. The van der Waals surface area contributed by atoms with Gasteiger partial charge in [-0.3, -0.25) is 4.79 Å². The number of nitrogens with two attached hydrogens (primary N) is 1. The average molecular weight is 343 g/mol. The molecule has 0 radical (unpaired) electrons. The Morgan fingerprint density at radius 3 is 2.58 bits per heavy atom. The monoisotopic (exact) mass is 343 g/mol. The van der Waals surface area contributed by atoms with E-state index in [0.717, 1.165) is 16.0 Å². The van der Waals surface area contributed by atoms with Crippen LogP contribution in [0.3, 0.4) is 0 Å². The van der Waals surface area contributed by atoms with E-state index in [1.54, 1.807) is 30.5 Å². The number of nitrogens with one attached hydrogen (secondary N) is 1. The molecule has 0 bridgehead atoms. The van der Waals surface area contributed by atoms with Crippen LogP contribution in [-0.4, -0.2) is 10.9 Å².